The Labute approximate surface area is 168 Å². The number of hydrogen-bond donors (Lipinski definition) is 3. The first-order valence-corrected chi connectivity index (χ1v) is 9.63. The van der Waals surface area contributed by atoms with Gasteiger partial charge < -0.3 is 21.1 Å². The molecule has 29 heavy (non-hydrogen) atoms. The van der Waals surface area contributed by atoms with Crippen molar-refractivity contribution in [2.24, 2.45) is 0 Å². The number of nitrogens with two attached hydrogens (primary N) is 1. The van der Waals surface area contributed by atoms with Crippen molar-refractivity contribution >= 4 is 17.5 Å². The van der Waals surface area contributed by atoms with Gasteiger partial charge in [-0.2, -0.15) is 15.1 Å². The summed E-state index contributed by atoms with van der Waals surface area (Å²) in [4.78, 5) is 10.6. The molecular formula is C20H24FN7O. The van der Waals surface area contributed by atoms with Gasteiger partial charge in [-0.3, -0.25) is 0 Å². The highest BCUT2D eigenvalue weighted by atomic mass is 19.1. The predicted octanol–water partition coefficient (Wildman–Crippen LogP) is 2.52. The van der Waals surface area contributed by atoms with E-state index in [4.69, 9.17) is 5.73 Å². The Morgan fingerprint density at radius 2 is 2.03 bits per heavy atom. The molecule has 1 aliphatic heterocycles. The first-order valence-electron chi connectivity index (χ1n) is 9.63. The number of benzene rings is 1. The summed E-state index contributed by atoms with van der Waals surface area (Å²) < 4.78 is 15.6. The molecule has 1 atom stereocenters. The van der Waals surface area contributed by atoms with Gasteiger partial charge in [-0.1, -0.05) is 0 Å². The van der Waals surface area contributed by atoms with E-state index in [0.29, 0.717) is 24.5 Å². The van der Waals surface area contributed by atoms with Gasteiger partial charge in [0.1, 0.15) is 11.6 Å². The van der Waals surface area contributed by atoms with E-state index in [2.05, 4.69) is 25.3 Å². The third-order valence-corrected chi connectivity index (χ3v) is 5.09. The van der Waals surface area contributed by atoms with Gasteiger partial charge in [0.2, 0.25) is 5.95 Å². The molecular weight excluding hydrogens is 373 g/mol. The number of aliphatic hydroxyl groups excluding tert-OH is 1. The van der Waals surface area contributed by atoms with E-state index in [1.54, 1.807) is 35.3 Å². The average molecular weight is 397 g/mol. The monoisotopic (exact) mass is 397 g/mol. The highest BCUT2D eigenvalue weighted by Gasteiger charge is 2.22. The van der Waals surface area contributed by atoms with E-state index in [1.165, 1.54) is 12.1 Å². The van der Waals surface area contributed by atoms with Gasteiger partial charge in [-0.05, 0) is 44.0 Å². The van der Waals surface area contributed by atoms with Crippen molar-refractivity contribution in [2.45, 2.75) is 31.9 Å². The van der Waals surface area contributed by atoms with Gasteiger partial charge in [0.05, 0.1) is 12.1 Å². The quantitative estimate of drug-likeness (QED) is 0.607. The highest BCUT2D eigenvalue weighted by molar-refractivity contribution is 5.58. The molecule has 4 N–H and O–H groups in total. The number of hydrogen-bond acceptors (Lipinski definition) is 7. The van der Waals surface area contributed by atoms with Gasteiger partial charge in [-0.25, -0.2) is 9.07 Å². The van der Waals surface area contributed by atoms with Gasteiger partial charge in [0.15, 0.2) is 5.82 Å². The van der Waals surface area contributed by atoms with Crippen LogP contribution >= 0.6 is 0 Å². The van der Waals surface area contributed by atoms with E-state index in [9.17, 15) is 9.50 Å². The third kappa shape index (κ3) is 4.29. The van der Waals surface area contributed by atoms with Crippen LogP contribution in [0.2, 0.25) is 0 Å². The van der Waals surface area contributed by atoms with Crippen LogP contribution in [0.15, 0.2) is 42.7 Å². The van der Waals surface area contributed by atoms with Crippen molar-refractivity contribution in [3.8, 4) is 5.82 Å². The number of nitrogen functional groups attached to an aromatic ring is 1. The van der Waals surface area contributed by atoms with E-state index in [0.717, 1.165) is 24.3 Å². The lowest BCUT2D eigenvalue weighted by Gasteiger charge is -2.34. The fraction of sp³-hybridized carbons (Fsp3) is 0.350. The summed E-state index contributed by atoms with van der Waals surface area (Å²) in [5.74, 6) is 0.896. The molecule has 1 saturated heterocycles. The Balaban J connectivity index is 1.60. The van der Waals surface area contributed by atoms with Crippen molar-refractivity contribution in [2.75, 3.05) is 29.0 Å². The first-order chi connectivity index (χ1) is 14.0. The number of rotatable bonds is 5. The fourth-order valence-electron chi connectivity index (χ4n) is 3.61. The van der Waals surface area contributed by atoms with Crippen molar-refractivity contribution < 1.29 is 9.50 Å². The molecule has 2 aromatic heterocycles. The minimum absolute atomic E-state index is 0.122. The molecule has 0 saturated carbocycles. The van der Waals surface area contributed by atoms with Crippen LogP contribution in [0.25, 0.3) is 5.82 Å². The molecule has 0 radical (unpaired) electrons. The summed E-state index contributed by atoms with van der Waals surface area (Å²) in [6, 6.07) is 8.11. The number of halogens is 1. The molecule has 1 unspecified atom stereocenters. The summed E-state index contributed by atoms with van der Waals surface area (Å²) >= 11 is 0. The SMILES string of the molecule is CC(Nc1cc(-n2cccn2)nc(N)n1)c1cc(F)ccc1N1CCC(O)CC1. The zero-order chi connectivity index (χ0) is 20.4. The molecule has 1 fully saturated rings. The van der Waals surface area contributed by atoms with Crippen LogP contribution < -0.4 is 16.0 Å². The van der Waals surface area contributed by atoms with Crippen LogP contribution in [-0.2, 0) is 0 Å². The molecule has 3 aromatic rings. The Morgan fingerprint density at radius 3 is 2.76 bits per heavy atom. The number of aromatic nitrogens is 4. The summed E-state index contributed by atoms with van der Waals surface area (Å²) in [6.07, 6.45) is 4.56. The Morgan fingerprint density at radius 1 is 1.24 bits per heavy atom. The van der Waals surface area contributed by atoms with Crippen molar-refractivity contribution in [3.05, 3.63) is 54.1 Å². The van der Waals surface area contributed by atoms with E-state index in [-0.39, 0.29) is 23.9 Å². The number of anilines is 3. The minimum Gasteiger partial charge on any atom is -0.393 e. The molecule has 0 spiro atoms. The lowest BCUT2D eigenvalue weighted by Crippen LogP contribution is -2.36. The van der Waals surface area contributed by atoms with Gasteiger partial charge >= 0.3 is 0 Å². The molecule has 1 aromatic carbocycles. The maximum Gasteiger partial charge on any atom is 0.224 e. The number of nitrogens with one attached hydrogen (secondary N) is 1. The predicted molar refractivity (Wildman–Crippen MR) is 109 cm³/mol. The smallest absolute Gasteiger partial charge is 0.224 e. The van der Waals surface area contributed by atoms with E-state index in [1.807, 2.05) is 6.92 Å². The summed E-state index contributed by atoms with van der Waals surface area (Å²) in [5.41, 5.74) is 7.64. The van der Waals surface area contributed by atoms with E-state index >= 15 is 0 Å². The fourth-order valence-corrected chi connectivity index (χ4v) is 3.61. The van der Waals surface area contributed by atoms with Crippen LogP contribution in [0.3, 0.4) is 0 Å². The molecule has 4 rings (SSSR count). The molecule has 0 amide bonds. The zero-order valence-corrected chi connectivity index (χ0v) is 16.2. The van der Waals surface area contributed by atoms with Crippen LogP contribution in [0.5, 0.6) is 0 Å². The summed E-state index contributed by atoms with van der Waals surface area (Å²) in [6.45, 7) is 3.41. The van der Waals surface area contributed by atoms with Crippen molar-refractivity contribution in [1.82, 2.24) is 19.7 Å². The van der Waals surface area contributed by atoms with Crippen molar-refractivity contribution in [3.63, 3.8) is 0 Å². The molecule has 8 nitrogen and oxygen atoms in total. The van der Waals surface area contributed by atoms with Crippen molar-refractivity contribution in [1.29, 1.82) is 0 Å². The van der Waals surface area contributed by atoms with Crippen LogP contribution in [0, 0.1) is 5.82 Å². The standard InChI is InChI=1S/C20H24FN7O/c1-13(24-18-12-19(26-20(22)25-18)28-8-2-7-23-28)16-11-14(21)3-4-17(16)27-9-5-15(29)6-10-27/h2-4,7-8,11-13,15,29H,5-6,9-10H2,1H3,(H3,22,24,25,26). The second kappa shape index (κ2) is 8.04. The van der Waals surface area contributed by atoms with Crippen LogP contribution in [0.1, 0.15) is 31.4 Å². The molecule has 3 heterocycles. The molecule has 152 valence electrons. The Bertz CT molecular complexity index is 971. The average Bonchev–Trinajstić information content (AvgIpc) is 3.23. The van der Waals surface area contributed by atoms with E-state index < -0.39 is 0 Å². The van der Waals surface area contributed by atoms with Crippen LogP contribution in [0.4, 0.5) is 21.8 Å². The topological polar surface area (TPSA) is 105 Å². The second-order valence-electron chi connectivity index (χ2n) is 7.21. The lowest BCUT2D eigenvalue weighted by molar-refractivity contribution is 0.145. The van der Waals surface area contributed by atoms with Gasteiger partial charge in [0, 0.05) is 42.8 Å². The highest BCUT2D eigenvalue weighted by Crippen LogP contribution is 2.31. The van der Waals surface area contributed by atoms with Gasteiger partial charge in [-0.15, -0.1) is 0 Å². The Hall–Kier alpha value is -3.20. The second-order valence-corrected chi connectivity index (χ2v) is 7.21. The largest absolute Gasteiger partial charge is 0.393 e. The van der Waals surface area contributed by atoms with Gasteiger partial charge in [0.25, 0.3) is 0 Å². The molecule has 0 bridgehead atoms. The number of aliphatic hydroxyl groups is 1. The summed E-state index contributed by atoms with van der Waals surface area (Å²) in [5, 5.41) is 17.3. The number of nitrogens with zero attached hydrogens (tertiary/aromatic N) is 5. The lowest BCUT2D eigenvalue weighted by atomic mass is 10.0. The zero-order valence-electron chi connectivity index (χ0n) is 16.2. The maximum absolute atomic E-state index is 14.0. The molecule has 9 heteroatoms. The molecule has 0 aliphatic carbocycles. The third-order valence-electron chi connectivity index (χ3n) is 5.09. The maximum atomic E-state index is 14.0. The Kier molecular flexibility index (Phi) is 5.30. The summed E-state index contributed by atoms with van der Waals surface area (Å²) in [7, 11) is 0. The number of piperidine rings is 1. The minimum atomic E-state index is -0.297. The first kappa shape index (κ1) is 19.1. The molecule has 1 aliphatic rings. The van der Waals surface area contributed by atoms with Crippen LogP contribution in [-0.4, -0.2) is 44.0 Å². The normalized spacial score (nSPS) is 16.0.